The topological polar surface area (TPSA) is 52.6 Å². The number of methoxy groups -OCH3 is 1. The van der Waals surface area contributed by atoms with Crippen molar-refractivity contribution in [3.05, 3.63) is 11.6 Å². The smallest absolute Gasteiger partial charge is 0.305 e. The van der Waals surface area contributed by atoms with Crippen molar-refractivity contribution in [2.45, 2.75) is 98.0 Å². The van der Waals surface area contributed by atoms with E-state index in [-0.39, 0.29) is 18.0 Å². The average Bonchev–Trinajstić information content (AvgIpc) is 3.09. The summed E-state index contributed by atoms with van der Waals surface area (Å²) in [6.07, 6.45) is 13.8. The van der Waals surface area contributed by atoms with Crippen molar-refractivity contribution in [2.75, 3.05) is 7.11 Å². The first-order valence-corrected chi connectivity index (χ1v) is 12.6. The van der Waals surface area contributed by atoms with E-state index in [1.54, 1.807) is 5.57 Å². The number of allylic oxidation sites excluding steroid dienone is 2. The van der Waals surface area contributed by atoms with Crippen LogP contribution in [0, 0.1) is 40.4 Å². The quantitative estimate of drug-likeness (QED) is 0.391. The molecule has 0 aliphatic heterocycles. The molecule has 3 fully saturated rings. The monoisotopic (exact) mass is 430 g/mol. The van der Waals surface area contributed by atoms with Gasteiger partial charge in [0.2, 0.25) is 0 Å². The molecule has 4 aliphatic carbocycles. The molecule has 0 N–H and O–H groups in total. The van der Waals surface area contributed by atoms with Crippen molar-refractivity contribution in [1.82, 2.24) is 0 Å². The van der Waals surface area contributed by atoms with Gasteiger partial charge in [0.1, 0.15) is 6.10 Å². The van der Waals surface area contributed by atoms with E-state index in [2.05, 4.69) is 26.8 Å². The second-order valence-electron chi connectivity index (χ2n) is 11.6. The molecule has 31 heavy (non-hydrogen) atoms. The maximum Gasteiger partial charge on any atom is 0.305 e. The van der Waals surface area contributed by atoms with E-state index in [0.717, 1.165) is 25.7 Å². The molecule has 4 unspecified atom stereocenters. The van der Waals surface area contributed by atoms with Crippen molar-refractivity contribution >= 4 is 11.9 Å². The molecular weight excluding hydrogens is 388 g/mol. The summed E-state index contributed by atoms with van der Waals surface area (Å²) in [4.78, 5) is 23.1. The molecule has 0 aromatic carbocycles. The van der Waals surface area contributed by atoms with Crippen LogP contribution in [0.1, 0.15) is 91.9 Å². The molecule has 0 radical (unpaired) electrons. The SMILES string of the molecule is COC(=O)CC[C@@H](C)C1CCC2C3=CCC4C[C@H](OC(C)=O)CC[C@]4(C)C3CC[C@@]21C. The Morgan fingerprint density at radius 3 is 2.52 bits per heavy atom. The first-order chi connectivity index (χ1) is 14.7. The van der Waals surface area contributed by atoms with Gasteiger partial charge < -0.3 is 9.47 Å². The Balaban J connectivity index is 1.49. The number of esters is 2. The first kappa shape index (κ1) is 22.9. The molecule has 3 saturated carbocycles. The highest BCUT2D eigenvalue weighted by molar-refractivity contribution is 5.69. The second kappa shape index (κ2) is 8.56. The minimum atomic E-state index is -0.132. The van der Waals surface area contributed by atoms with Crippen molar-refractivity contribution in [3.63, 3.8) is 0 Å². The summed E-state index contributed by atoms with van der Waals surface area (Å²) in [6, 6.07) is 0. The second-order valence-corrected chi connectivity index (χ2v) is 11.6. The lowest BCUT2D eigenvalue weighted by atomic mass is 9.47. The standard InChI is InChI=1S/C27H42O4/c1-17(6-11-25(29)30-5)22-9-10-23-21-8-7-19-16-20(31-18(2)28)12-14-26(19,3)24(21)13-15-27(22,23)4/h8,17,19-20,22-24H,6-7,9-16H2,1-5H3/t17-,19?,20-,22?,23?,24?,26+,27-/m1/s1. The molecule has 0 saturated heterocycles. The molecule has 0 spiro atoms. The zero-order chi connectivity index (χ0) is 22.4. The number of hydrogen-bond donors (Lipinski definition) is 0. The molecule has 4 rings (SSSR count). The highest BCUT2D eigenvalue weighted by Crippen LogP contribution is 2.67. The van der Waals surface area contributed by atoms with Crippen LogP contribution in [0.2, 0.25) is 0 Å². The summed E-state index contributed by atoms with van der Waals surface area (Å²) in [5.74, 6) is 3.11. The van der Waals surface area contributed by atoms with Crippen LogP contribution in [0.15, 0.2) is 11.6 Å². The molecule has 4 aliphatic rings. The Bertz CT molecular complexity index is 742. The van der Waals surface area contributed by atoms with E-state index >= 15 is 0 Å². The van der Waals surface area contributed by atoms with E-state index in [1.807, 2.05) is 0 Å². The van der Waals surface area contributed by atoms with Crippen LogP contribution in [0.3, 0.4) is 0 Å². The lowest BCUT2D eigenvalue weighted by Crippen LogP contribution is -2.50. The predicted octanol–water partition coefficient (Wildman–Crippen LogP) is 6.09. The number of carbonyl (C=O) groups excluding carboxylic acids is 2. The fourth-order valence-corrected chi connectivity index (χ4v) is 8.44. The summed E-state index contributed by atoms with van der Waals surface area (Å²) in [5.41, 5.74) is 2.49. The summed E-state index contributed by atoms with van der Waals surface area (Å²) in [7, 11) is 1.49. The van der Waals surface area contributed by atoms with E-state index in [0.29, 0.717) is 46.8 Å². The van der Waals surface area contributed by atoms with Crippen LogP contribution in [-0.4, -0.2) is 25.2 Å². The normalized spacial score (nSPS) is 42.5. The van der Waals surface area contributed by atoms with Crippen molar-refractivity contribution < 1.29 is 19.1 Å². The molecule has 0 aromatic rings. The fraction of sp³-hybridized carbons (Fsp3) is 0.852. The third kappa shape index (κ3) is 3.97. The molecule has 0 heterocycles. The van der Waals surface area contributed by atoms with Crippen LogP contribution in [0.5, 0.6) is 0 Å². The minimum absolute atomic E-state index is 0.0754. The maximum absolute atomic E-state index is 11.7. The van der Waals surface area contributed by atoms with Gasteiger partial charge in [-0.2, -0.15) is 0 Å². The Kier molecular flexibility index (Phi) is 6.31. The average molecular weight is 431 g/mol. The predicted molar refractivity (Wildman–Crippen MR) is 121 cm³/mol. The Hall–Kier alpha value is -1.32. The molecular formula is C27H42O4. The van der Waals surface area contributed by atoms with Gasteiger partial charge >= 0.3 is 11.9 Å². The summed E-state index contributed by atoms with van der Waals surface area (Å²) in [6.45, 7) is 8.98. The van der Waals surface area contributed by atoms with Gasteiger partial charge in [-0.25, -0.2) is 0 Å². The van der Waals surface area contributed by atoms with Gasteiger partial charge in [0.05, 0.1) is 7.11 Å². The summed E-state index contributed by atoms with van der Waals surface area (Å²) < 4.78 is 10.5. The zero-order valence-corrected chi connectivity index (χ0v) is 20.2. The fourth-order valence-electron chi connectivity index (χ4n) is 8.44. The third-order valence-corrected chi connectivity index (χ3v) is 10.2. The lowest BCUT2D eigenvalue weighted by Gasteiger charge is -2.58. The van der Waals surface area contributed by atoms with Crippen molar-refractivity contribution in [3.8, 4) is 0 Å². The van der Waals surface area contributed by atoms with Gasteiger partial charge in [-0.05, 0) is 98.2 Å². The van der Waals surface area contributed by atoms with Gasteiger partial charge in [0, 0.05) is 13.3 Å². The van der Waals surface area contributed by atoms with Gasteiger partial charge in [-0.3, -0.25) is 9.59 Å². The van der Waals surface area contributed by atoms with E-state index in [4.69, 9.17) is 9.47 Å². The highest BCUT2D eigenvalue weighted by Gasteiger charge is 2.58. The van der Waals surface area contributed by atoms with Gasteiger partial charge in [0.15, 0.2) is 0 Å². The number of carbonyl (C=O) groups is 2. The van der Waals surface area contributed by atoms with Gasteiger partial charge in [-0.15, -0.1) is 0 Å². The molecule has 0 amide bonds. The maximum atomic E-state index is 11.7. The highest BCUT2D eigenvalue weighted by atomic mass is 16.5. The van der Waals surface area contributed by atoms with Crippen LogP contribution in [-0.2, 0) is 19.1 Å². The number of rotatable bonds is 5. The molecule has 4 heteroatoms. The minimum Gasteiger partial charge on any atom is -0.469 e. The van der Waals surface area contributed by atoms with E-state index in [1.165, 1.54) is 46.1 Å². The van der Waals surface area contributed by atoms with Crippen molar-refractivity contribution in [1.29, 1.82) is 0 Å². The number of hydrogen-bond acceptors (Lipinski definition) is 4. The van der Waals surface area contributed by atoms with Crippen LogP contribution < -0.4 is 0 Å². The Labute approximate surface area is 188 Å². The Morgan fingerprint density at radius 1 is 1.10 bits per heavy atom. The first-order valence-electron chi connectivity index (χ1n) is 12.6. The van der Waals surface area contributed by atoms with Crippen LogP contribution in [0.25, 0.3) is 0 Å². The zero-order valence-electron chi connectivity index (χ0n) is 20.2. The third-order valence-electron chi connectivity index (χ3n) is 10.2. The molecule has 8 atom stereocenters. The van der Waals surface area contributed by atoms with Crippen molar-refractivity contribution in [2.24, 2.45) is 40.4 Å². The molecule has 0 bridgehead atoms. The summed E-state index contributed by atoms with van der Waals surface area (Å²) >= 11 is 0. The van der Waals surface area contributed by atoms with E-state index < -0.39 is 0 Å². The molecule has 4 nitrogen and oxygen atoms in total. The lowest BCUT2D eigenvalue weighted by molar-refractivity contribution is -0.152. The summed E-state index contributed by atoms with van der Waals surface area (Å²) in [5, 5.41) is 0. The van der Waals surface area contributed by atoms with Crippen LogP contribution in [0.4, 0.5) is 0 Å². The van der Waals surface area contributed by atoms with E-state index in [9.17, 15) is 9.59 Å². The van der Waals surface area contributed by atoms with Crippen LogP contribution >= 0.6 is 0 Å². The molecule has 174 valence electrons. The van der Waals surface area contributed by atoms with Gasteiger partial charge in [0.25, 0.3) is 0 Å². The number of fused-ring (bicyclic) bond motifs is 5. The van der Waals surface area contributed by atoms with Gasteiger partial charge in [-0.1, -0.05) is 32.4 Å². The number of ether oxygens (including phenoxy) is 2. The Morgan fingerprint density at radius 2 is 1.81 bits per heavy atom. The largest absolute Gasteiger partial charge is 0.469 e. The molecule has 0 aromatic heterocycles.